The summed E-state index contributed by atoms with van der Waals surface area (Å²) in [5.74, 6) is 1.77. The molecular formula is C21H31N7. The Labute approximate surface area is 168 Å². The van der Waals surface area contributed by atoms with Gasteiger partial charge in [0.05, 0.1) is 0 Å². The van der Waals surface area contributed by atoms with Gasteiger partial charge in [-0.25, -0.2) is 9.97 Å². The number of nitrogens with one attached hydrogen (secondary N) is 1. The number of benzene rings is 1. The van der Waals surface area contributed by atoms with E-state index in [4.69, 9.17) is 0 Å². The highest BCUT2D eigenvalue weighted by Gasteiger charge is 2.21. The van der Waals surface area contributed by atoms with Crippen molar-refractivity contribution >= 4 is 17.6 Å². The van der Waals surface area contributed by atoms with Crippen molar-refractivity contribution in [3.05, 3.63) is 48.3 Å². The van der Waals surface area contributed by atoms with Gasteiger partial charge in [0, 0.05) is 70.9 Å². The standard InChI is InChI=1S/C21H31N7/c1-4-26(19-8-5-7-18(2)17-19)12-11-25-20(22-3)27-13-15-28(16-14-27)21-23-9-6-10-24-21/h5-10,17H,4,11-16H2,1-3H3,(H,22,25). The summed E-state index contributed by atoms with van der Waals surface area (Å²) < 4.78 is 0. The number of likely N-dealkylation sites (N-methyl/N-ethyl adjacent to an activating group) is 1. The van der Waals surface area contributed by atoms with Crippen molar-refractivity contribution < 1.29 is 0 Å². The van der Waals surface area contributed by atoms with Crippen LogP contribution in [0, 0.1) is 6.92 Å². The summed E-state index contributed by atoms with van der Waals surface area (Å²) in [6.07, 6.45) is 3.59. The number of aliphatic imine (C=N–C) groups is 1. The lowest BCUT2D eigenvalue weighted by molar-refractivity contribution is 0.370. The molecule has 7 heteroatoms. The van der Waals surface area contributed by atoms with Crippen molar-refractivity contribution in [3.63, 3.8) is 0 Å². The average molecular weight is 382 g/mol. The van der Waals surface area contributed by atoms with Gasteiger partial charge >= 0.3 is 0 Å². The minimum Gasteiger partial charge on any atom is -0.370 e. The zero-order chi connectivity index (χ0) is 19.8. The lowest BCUT2D eigenvalue weighted by Gasteiger charge is -2.36. The number of aryl methyl sites for hydroxylation is 1. The molecule has 0 radical (unpaired) electrons. The van der Waals surface area contributed by atoms with E-state index in [0.717, 1.165) is 57.7 Å². The molecule has 1 aliphatic heterocycles. The zero-order valence-corrected chi connectivity index (χ0v) is 17.2. The maximum absolute atomic E-state index is 4.48. The van der Waals surface area contributed by atoms with Crippen molar-refractivity contribution in [2.45, 2.75) is 13.8 Å². The third kappa shape index (κ3) is 5.12. The molecule has 0 unspecified atom stereocenters. The van der Waals surface area contributed by atoms with Crippen LogP contribution in [0.15, 0.2) is 47.7 Å². The van der Waals surface area contributed by atoms with Crippen molar-refractivity contribution in [2.24, 2.45) is 4.99 Å². The summed E-state index contributed by atoms with van der Waals surface area (Å²) in [5.41, 5.74) is 2.57. The van der Waals surface area contributed by atoms with Crippen LogP contribution in [0.3, 0.4) is 0 Å². The number of guanidine groups is 1. The second-order valence-electron chi connectivity index (χ2n) is 6.92. The molecule has 28 heavy (non-hydrogen) atoms. The van der Waals surface area contributed by atoms with Gasteiger partial charge in [-0.15, -0.1) is 0 Å². The Kier molecular flexibility index (Phi) is 7.06. The lowest BCUT2D eigenvalue weighted by Crippen LogP contribution is -2.53. The predicted molar refractivity (Wildman–Crippen MR) is 116 cm³/mol. The highest BCUT2D eigenvalue weighted by molar-refractivity contribution is 5.80. The molecule has 1 aliphatic rings. The van der Waals surface area contributed by atoms with E-state index in [1.54, 1.807) is 12.4 Å². The molecule has 0 bridgehead atoms. The van der Waals surface area contributed by atoms with Crippen molar-refractivity contribution in [1.29, 1.82) is 0 Å². The minimum absolute atomic E-state index is 0.807. The van der Waals surface area contributed by atoms with E-state index < -0.39 is 0 Å². The van der Waals surface area contributed by atoms with Gasteiger partial charge in [-0.05, 0) is 37.6 Å². The van der Waals surface area contributed by atoms with Crippen LogP contribution in [-0.4, -0.2) is 73.7 Å². The first kappa shape index (κ1) is 19.9. The molecule has 0 atom stereocenters. The molecule has 2 heterocycles. The molecule has 7 nitrogen and oxygen atoms in total. The molecule has 0 saturated carbocycles. The normalized spacial score (nSPS) is 14.9. The maximum atomic E-state index is 4.48. The quantitative estimate of drug-likeness (QED) is 0.610. The van der Waals surface area contributed by atoms with Crippen molar-refractivity contribution in [2.75, 3.05) is 62.7 Å². The molecule has 150 valence electrons. The number of rotatable bonds is 6. The van der Waals surface area contributed by atoms with E-state index >= 15 is 0 Å². The third-order valence-corrected chi connectivity index (χ3v) is 5.04. The predicted octanol–water partition coefficient (Wildman–Crippen LogP) is 2.01. The van der Waals surface area contributed by atoms with Gasteiger partial charge in [-0.3, -0.25) is 4.99 Å². The van der Waals surface area contributed by atoms with Crippen LogP contribution in [-0.2, 0) is 0 Å². The minimum atomic E-state index is 0.807. The molecule has 0 amide bonds. The van der Waals surface area contributed by atoms with E-state index in [0.29, 0.717) is 0 Å². The molecule has 1 N–H and O–H groups in total. The fourth-order valence-corrected chi connectivity index (χ4v) is 3.50. The molecule has 1 aromatic carbocycles. The van der Waals surface area contributed by atoms with Gasteiger partial charge < -0.3 is 20.0 Å². The molecule has 3 rings (SSSR count). The average Bonchev–Trinajstić information content (AvgIpc) is 2.75. The summed E-state index contributed by atoms with van der Waals surface area (Å²) in [6.45, 7) is 10.7. The molecule has 0 spiro atoms. The zero-order valence-electron chi connectivity index (χ0n) is 17.2. The van der Waals surface area contributed by atoms with Crippen LogP contribution >= 0.6 is 0 Å². The second kappa shape index (κ2) is 9.92. The topological polar surface area (TPSA) is 59.9 Å². The molecular weight excluding hydrogens is 350 g/mol. The van der Waals surface area contributed by atoms with Gasteiger partial charge in [0.2, 0.25) is 5.95 Å². The first-order chi connectivity index (χ1) is 13.7. The van der Waals surface area contributed by atoms with E-state index in [1.807, 2.05) is 13.1 Å². The molecule has 1 saturated heterocycles. The molecule has 2 aromatic rings. The smallest absolute Gasteiger partial charge is 0.225 e. The Bertz CT molecular complexity index is 754. The van der Waals surface area contributed by atoms with Gasteiger partial charge in [-0.2, -0.15) is 0 Å². The summed E-state index contributed by atoms with van der Waals surface area (Å²) >= 11 is 0. The number of hydrogen-bond acceptors (Lipinski definition) is 5. The largest absolute Gasteiger partial charge is 0.370 e. The van der Waals surface area contributed by atoms with Crippen LogP contribution in [0.1, 0.15) is 12.5 Å². The molecule has 0 aliphatic carbocycles. The summed E-state index contributed by atoms with van der Waals surface area (Å²) in [6, 6.07) is 10.5. The number of hydrogen-bond donors (Lipinski definition) is 1. The lowest BCUT2D eigenvalue weighted by atomic mass is 10.2. The number of piperazine rings is 1. The Morgan fingerprint density at radius 1 is 1.14 bits per heavy atom. The third-order valence-electron chi connectivity index (χ3n) is 5.04. The Morgan fingerprint density at radius 3 is 2.54 bits per heavy atom. The SMILES string of the molecule is CCN(CCNC(=NC)N1CCN(c2ncccn2)CC1)c1cccc(C)c1. The number of nitrogens with zero attached hydrogens (tertiary/aromatic N) is 6. The number of aromatic nitrogens is 2. The monoisotopic (exact) mass is 381 g/mol. The first-order valence-corrected chi connectivity index (χ1v) is 10.0. The van der Waals surface area contributed by atoms with Crippen LogP contribution in [0.5, 0.6) is 0 Å². The Morgan fingerprint density at radius 2 is 1.89 bits per heavy atom. The van der Waals surface area contributed by atoms with Gasteiger partial charge in [0.15, 0.2) is 5.96 Å². The Hall–Kier alpha value is -2.83. The highest BCUT2D eigenvalue weighted by Crippen LogP contribution is 2.15. The summed E-state index contributed by atoms with van der Waals surface area (Å²) in [4.78, 5) is 20.1. The Balaban J connectivity index is 1.48. The van der Waals surface area contributed by atoms with E-state index in [1.165, 1.54) is 11.3 Å². The highest BCUT2D eigenvalue weighted by atomic mass is 15.4. The van der Waals surface area contributed by atoms with E-state index in [9.17, 15) is 0 Å². The summed E-state index contributed by atoms with van der Waals surface area (Å²) in [7, 11) is 1.85. The fraction of sp³-hybridized carbons (Fsp3) is 0.476. The molecule has 1 aromatic heterocycles. The van der Waals surface area contributed by atoms with Gasteiger partial charge in [-0.1, -0.05) is 12.1 Å². The second-order valence-corrected chi connectivity index (χ2v) is 6.92. The first-order valence-electron chi connectivity index (χ1n) is 10.0. The van der Waals surface area contributed by atoms with Crippen molar-refractivity contribution in [3.8, 4) is 0 Å². The number of anilines is 2. The molecule has 1 fully saturated rings. The van der Waals surface area contributed by atoms with Crippen LogP contribution < -0.4 is 15.1 Å². The van der Waals surface area contributed by atoms with Crippen LogP contribution in [0.25, 0.3) is 0 Å². The van der Waals surface area contributed by atoms with Crippen LogP contribution in [0.2, 0.25) is 0 Å². The van der Waals surface area contributed by atoms with E-state index in [2.05, 4.69) is 73.1 Å². The summed E-state index contributed by atoms with van der Waals surface area (Å²) in [5, 5.41) is 3.53. The van der Waals surface area contributed by atoms with E-state index in [-0.39, 0.29) is 0 Å². The van der Waals surface area contributed by atoms with Crippen LogP contribution in [0.4, 0.5) is 11.6 Å². The van der Waals surface area contributed by atoms with Gasteiger partial charge in [0.1, 0.15) is 0 Å². The van der Waals surface area contributed by atoms with Crippen molar-refractivity contribution in [1.82, 2.24) is 20.2 Å². The fourth-order valence-electron chi connectivity index (χ4n) is 3.50. The maximum Gasteiger partial charge on any atom is 0.225 e. The van der Waals surface area contributed by atoms with Gasteiger partial charge in [0.25, 0.3) is 0 Å².